The monoisotopic (exact) mass is 268 g/mol. The summed E-state index contributed by atoms with van der Waals surface area (Å²) in [5, 5.41) is 9.59. The quantitative estimate of drug-likeness (QED) is 0.907. The van der Waals surface area contributed by atoms with Crippen LogP contribution in [0.25, 0.3) is 0 Å². The van der Waals surface area contributed by atoms with E-state index in [4.69, 9.17) is 0 Å². The highest BCUT2D eigenvalue weighted by atomic mass is 16.3. The average molecular weight is 268 g/mol. The number of hydrogen-bond acceptors (Lipinski definition) is 3. The maximum atomic E-state index is 9.59. The minimum atomic E-state index is 0.0290. The highest BCUT2D eigenvalue weighted by Gasteiger charge is 2.18. The second-order valence-corrected chi connectivity index (χ2v) is 5.35. The predicted molar refractivity (Wildman–Crippen MR) is 81.3 cm³/mol. The third-order valence-electron chi connectivity index (χ3n) is 3.92. The van der Waals surface area contributed by atoms with Crippen LogP contribution in [-0.4, -0.2) is 16.6 Å². The molecule has 2 aromatic rings. The van der Waals surface area contributed by atoms with Gasteiger partial charge in [-0.3, -0.25) is 4.98 Å². The molecule has 0 atom stereocenters. The first kappa shape index (κ1) is 13.1. The van der Waals surface area contributed by atoms with E-state index in [-0.39, 0.29) is 6.61 Å². The first-order valence-electron chi connectivity index (χ1n) is 7.21. The first-order valence-corrected chi connectivity index (χ1v) is 7.21. The number of aliphatic hydroxyl groups excluding tert-OH is 1. The number of benzene rings is 1. The van der Waals surface area contributed by atoms with E-state index in [1.165, 1.54) is 24.1 Å². The van der Waals surface area contributed by atoms with Gasteiger partial charge in [-0.15, -0.1) is 0 Å². The van der Waals surface area contributed by atoms with Crippen LogP contribution in [-0.2, 0) is 13.0 Å². The molecule has 1 aliphatic rings. The van der Waals surface area contributed by atoms with Gasteiger partial charge in [0.25, 0.3) is 0 Å². The van der Waals surface area contributed by atoms with Crippen molar-refractivity contribution in [3.05, 3.63) is 53.3 Å². The molecule has 0 spiro atoms. The molecule has 104 valence electrons. The summed E-state index contributed by atoms with van der Waals surface area (Å²) >= 11 is 0. The van der Waals surface area contributed by atoms with Crippen molar-refractivity contribution in [1.82, 2.24) is 4.98 Å². The second kappa shape index (κ2) is 5.63. The van der Waals surface area contributed by atoms with Crippen LogP contribution in [0.4, 0.5) is 11.4 Å². The zero-order chi connectivity index (χ0) is 13.9. The molecule has 0 aliphatic carbocycles. The molecule has 0 bridgehead atoms. The lowest BCUT2D eigenvalue weighted by molar-refractivity contribution is 0.281. The Balaban J connectivity index is 2.12. The molecule has 0 saturated heterocycles. The van der Waals surface area contributed by atoms with E-state index in [0.29, 0.717) is 0 Å². The number of hydrogen-bond donors (Lipinski definition) is 1. The van der Waals surface area contributed by atoms with E-state index < -0.39 is 0 Å². The Bertz CT molecular complexity index is 610. The Morgan fingerprint density at radius 1 is 1.20 bits per heavy atom. The van der Waals surface area contributed by atoms with Gasteiger partial charge in [0.2, 0.25) is 0 Å². The molecule has 20 heavy (non-hydrogen) atoms. The summed E-state index contributed by atoms with van der Waals surface area (Å²) in [6, 6.07) is 10.7. The summed E-state index contributed by atoms with van der Waals surface area (Å²) in [4.78, 5) is 6.63. The number of fused-ring (bicyclic) bond motifs is 1. The summed E-state index contributed by atoms with van der Waals surface area (Å²) in [6.45, 7) is 3.02. The van der Waals surface area contributed by atoms with Crippen molar-refractivity contribution in [2.24, 2.45) is 0 Å². The van der Waals surface area contributed by atoms with E-state index >= 15 is 0 Å². The fraction of sp³-hybridized carbons (Fsp3) is 0.353. The number of aromatic nitrogens is 1. The van der Waals surface area contributed by atoms with E-state index in [0.717, 1.165) is 29.9 Å². The second-order valence-electron chi connectivity index (χ2n) is 5.35. The summed E-state index contributed by atoms with van der Waals surface area (Å²) in [7, 11) is 0. The number of nitrogens with zero attached hydrogens (tertiary/aromatic N) is 2. The van der Waals surface area contributed by atoms with Crippen LogP contribution in [0, 0.1) is 6.92 Å². The third kappa shape index (κ3) is 2.41. The predicted octanol–water partition coefficient (Wildman–Crippen LogP) is 3.36. The molecular formula is C17H20N2O. The number of pyridine rings is 1. The average Bonchev–Trinajstić information content (AvgIpc) is 2.69. The van der Waals surface area contributed by atoms with E-state index in [2.05, 4.69) is 40.2 Å². The van der Waals surface area contributed by atoms with Crippen molar-refractivity contribution in [3.8, 4) is 0 Å². The van der Waals surface area contributed by atoms with E-state index in [1.54, 1.807) is 6.20 Å². The highest BCUT2D eigenvalue weighted by molar-refractivity contribution is 5.69. The first-order chi connectivity index (χ1) is 9.79. The Morgan fingerprint density at radius 3 is 2.90 bits per heavy atom. The van der Waals surface area contributed by atoms with Crippen molar-refractivity contribution in [1.29, 1.82) is 0 Å². The van der Waals surface area contributed by atoms with Crippen LogP contribution in [0.2, 0.25) is 0 Å². The van der Waals surface area contributed by atoms with Gasteiger partial charge in [0, 0.05) is 35.4 Å². The zero-order valence-electron chi connectivity index (χ0n) is 11.8. The highest BCUT2D eigenvalue weighted by Crippen LogP contribution is 2.34. The fourth-order valence-corrected chi connectivity index (χ4v) is 2.89. The van der Waals surface area contributed by atoms with Gasteiger partial charge < -0.3 is 10.0 Å². The van der Waals surface area contributed by atoms with E-state index in [1.807, 2.05) is 6.92 Å². The van der Waals surface area contributed by atoms with Gasteiger partial charge in [-0.1, -0.05) is 18.2 Å². The maximum Gasteiger partial charge on any atom is 0.0717 e. The lowest BCUT2D eigenvalue weighted by Gasteiger charge is -2.27. The van der Waals surface area contributed by atoms with E-state index in [9.17, 15) is 5.11 Å². The van der Waals surface area contributed by atoms with Gasteiger partial charge in [0.1, 0.15) is 0 Å². The molecule has 1 aromatic heterocycles. The molecule has 3 rings (SSSR count). The number of anilines is 2. The lowest BCUT2D eigenvalue weighted by atomic mass is 10.1. The Hall–Kier alpha value is -1.87. The Labute approximate surface area is 119 Å². The summed E-state index contributed by atoms with van der Waals surface area (Å²) in [5.74, 6) is 0. The van der Waals surface area contributed by atoms with Gasteiger partial charge in [-0.25, -0.2) is 0 Å². The summed E-state index contributed by atoms with van der Waals surface area (Å²) in [6.07, 6.45) is 5.30. The molecule has 1 N–H and O–H groups in total. The van der Waals surface area contributed by atoms with Crippen LogP contribution in [0.3, 0.4) is 0 Å². The van der Waals surface area contributed by atoms with Crippen molar-refractivity contribution >= 4 is 11.4 Å². The van der Waals surface area contributed by atoms with Crippen molar-refractivity contribution in [2.45, 2.75) is 32.8 Å². The topological polar surface area (TPSA) is 36.4 Å². The molecule has 1 aromatic carbocycles. The molecule has 0 unspecified atom stereocenters. The number of aliphatic hydroxyl groups is 1. The molecule has 0 amide bonds. The SMILES string of the molecule is Cc1cc(N2CCCCc3ccccc32)c(CO)cn1. The smallest absolute Gasteiger partial charge is 0.0717 e. The largest absolute Gasteiger partial charge is 0.392 e. The summed E-state index contributed by atoms with van der Waals surface area (Å²) in [5.41, 5.74) is 5.63. The van der Waals surface area contributed by atoms with Crippen LogP contribution in [0.1, 0.15) is 29.7 Å². The van der Waals surface area contributed by atoms with Crippen molar-refractivity contribution in [2.75, 3.05) is 11.4 Å². The normalized spacial score (nSPS) is 14.8. The molecule has 3 heteroatoms. The number of aryl methyl sites for hydroxylation is 2. The van der Waals surface area contributed by atoms with Gasteiger partial charge >= 0.3 is 0 Å². The molecular weight excluding hydrogens is 248 g/mol. The van der Waals surface area contributed by atoms with Crippen molar-refractivity contribution in [3.63, 3.8) is 0 Å². The molecule has 3 nitrogen and oxygen atoms in total. The van der Waals surface area contributed by atoms with Gasteiger partial charge in [-0.2, -0.15) is 0 Å². The molecule has 0 saturated carbocycles. The summed E-state index contributed by atoms with van der Waals surface area (Å²) < 4.78 is 0. The van der Waals surface area contributed by atoms with Gasteiger partial charge in [0.05, 0.1) is 6.61 Å². The lowest BCUT2D eigenvalue weighted by Crippen LogP contribution is -2.20. The van der Waals surface area contributed by atoms with Gasteiger partial charge in [-0.05, 0) is 43.9 Å². The molecule has 0 fully saturated rings. The standard InChI is InChI=1S/C17H20N2O/c1-13-10-17(15(12-20)11-18-13)19-9-5-4-7-14-6-2-3-8-16(14)19/h2-3,6,8,10-11,20H,4-5,7,9,12H2,1H3. The number of para-hydroxylation sites is 1. The Morgan fingerprint density at radius 2 is 2.05 bits per heavy atom. The minimum Gasteiger partial charge on any atom is -0.392 e. The van der Waals surface area contributed by atoms with Crippen LogP contribution < -0.4 is 4.90 Å². The molecule has 1 aliphatic heterocycles. The number of rotatable bonds is 2. The van der Waals surface area contributed by atoms with Crippen LogP contribution in [0.15, 0.2) is 36.5 Å². The molecule has 0 radical (unpaired) electrons. The van der Waals surface area contributed by atoms with Crippen LogP contribution >= 0.6 is 0 Å². The third-order valence-corrected chi connectivity index (χ3v) is 3.92. The van der Waals surface area contributed by atoms with Gasteiger partial charge in [0.15, 0.2) is 0 Å². The minimum absolute atomic E-state index is 0.0290. The fourth-order valence-electron chi connectivity index (χ4n) is 2.89. The van der Waals surface area contributed by atoms with Crippen LogP contribution in [0.5, 0.6) is 0 Å². The maximum absolute atomic E-state index is 9.59. The Kier molecular flexibility index (Phi) is 3.70. The zero-order valence-corrected chi connectivity index (χ0v) is 11.8. The molecule has 2 heterocycles. The van der Waals surface area contributed by atoms with Crippen molar-refractivity contribution < 1.29 is 5.11 Å².